The van der Waals surface area contributed by atoms with E-state index in [0.717, 1.165) is 6.92 Å². The zero-order chi connectivity index (χ0) is 69.4. The molecule has 14 atom stereocenters. The van der Waals surface area contributed by atoms with Gasteiger partial charge in [-0.05, 0) is 73.2 Å². The van der Waals surface area contributed by atoms with Gasteiger partial charge in [0.15, 0.2) is 5.96 Å². The minimum Gasteiger partial charge on any atom is -0.394 e. The van der Waals surface area contributed by atoms with Crippen molar-refractivity contribution >= 4 is 76.8 Å². The zero-order valence-corrected chi connectivity index (χ0v) is 54.7. The summed E-state index contributed by atoms with van der Waals surface area (Å²) in [6.07, 6.45) is -4.18. The summed E-state index contributed by atoms with van der Waals surface area (Å²) >= 11 is 0. The molecule has 512 valence electrons. The van der Waals surface area contributed by atoms with Crippen LogP contribution in [0, 0.1) is 28.6 Å². The molecule has 12 amide bonds. The van der Waals surface area contributed by atoms with E-state index >= 15 is 4.79 Å². The number of primary amides is 1. The number of amides is 12. The monoisotopic (exact) mass is 1290 g/mol. The summed E-state index contributed by atoms with van der Waals surface area (Å²) in [5.41, 5.74) is 21.9. The Balaban J connectivity index is 3.13. The second-order valence-corrected chi connectivity index (χ2v) is 26.4. The predicted molar refractivity (Wildman–Crippen MR) is 336 cm³/mol. The number of nitrogens with one attached hydrogen (secondary N) is 11. The van der Waals surface area contributed by atoms with Gasteiger partial charge in [-0.25, -0.2) is 0 Å². The van der Waals surface area contributed by atoms with Crippen molar-refractivity contribution in [2.24, 2.45) is 56.5 Å². The number of aliphatic imine (C=N–C) groups is 1. The molecule has 91 heavy (non-hydrogen) atoms. The summed E-state index contributed by atoms with van der Waals surface area (Å²) in [5.74, 6) is -15.1. The van der Waals surface area contributed by atoms with Gasteiger partial charge in [0.05, 0.1) is 43.9 Å². The van der Waals surface area contributed by atoms with Crippen LogP contribution in [0.4, 0.5) is 0 Å². The fourth-order valence-corrected chi connectivity index (χ4v) is 9.63. The van der Waals surface area contributed by atoms with Gasteiger partial charge in [-0.1, -0.05) is 120 Å². The SMILES string of the molecule is CC[C@H](C)[C@@H]1NC(=O)[C@@H](CCCN=C(N)N)NC(=O)[C@H](CC(C)C)NC(=O)[C@H]([C@H](O)C(C)C)NC(=O)[C@@H](NC(=O)[C@H](CC(C)(C)C)NC(=O)[C@H](N)CC(C)(C)C)[C@@H](c2ccccc2)NC(=O)[C@H](CO)NC(=O)C(CC(N)=O)NC(=O)CNC(=O)[C@H]([C@H](C)O)NC1=O. The molecular formula is C60H102N16O15. The average molecular weight is 1290 g/mol. The molecule has 31 heteroatoms. The molecular weight excluding hydrogens is 1180 g/mol. The standard InChI is InChI=1S/C60H102N16O15/c1-14-31(6)42-55(89)73-43(32(7)78)54(88)66-27-41(80)67-37(24-40(62)79)51(85)71-39(28-77)53(87)74-44(33-19-16-15-17-20-33)45(75-52(86)38(26-60(11,12)13)70-48(82)34(61)25-59(8,9)10)56(90)76-46(47(81)30(4)5)57(91)69-36(23-29(2)3)50(84)68-35(49(83)72-42)21-18-22-65-58(63)64/h15-17,19-20,29-32,34-39,42-47,77-78,81H,14,18,21-28,61H2,1-13H3,(H2,62,79)(H,66,88)(H,67,80)(H,68,84)(H,69,91)(H,70,82)(H,71,85)(H,72,83)(H,73,89)(H,74,87)(H,75,86)(H,76,90)(H4,63,64,65)/t31-,32-,34+,35+,36-,37?,38-,39-,42-,43-,44+,45-,46-,47+/m0/s1. The van der Waals surface area contributed by atoms with Crippen molar-refractivity contribution < 1.29 is 72.9 Å². The number of guanidine groups is 1. The first kappa shape index (κ1) is 79.1. The molecule has 1 aliphatic rings. The van der Waals surface area contributed by atoms with Crippen LogP contribution in [0.2, 0.25) is 0 Å². The average Bonchev–Trinajstić information content (AvgIpc) is 1.07. The lowest BCUT2D eigenvalue weighted by atomic mass is 9.86. The fourth-order valence-electron chi connectivity index (χ4n) is 9.63. The molecule has 1 aromatic rings. The fraction of sp³-hybridized carbons (Fsp3) is 0.683. The van der Waals surface area contributed by atoms with E-state index in [2.05, 4.69) is 63.5 Å². The van der Waals surface area contributed by atoms with Gasteiger partial charge in [-0.15, -0.1) is 0 Å². The molecule has 31 nitrogen and oxygen atoms in total. The van der Waals surface area contributed by atoms with E-state index in [0.29, 0.717) is 0 Å². The van der Waals surface area contributed by atoms with Crippen LogP contribution in [0.15, 0.2) is 35.3 Å². The summed E-state index contributed by atoms with van der Waals surface area (Å²) in [6.45, 7) is 19.6. The Morgan fingerprint density at radius 2 is 1.16 bits per heavy atom. The normalized spacial score (nSPS) is 24.5. The smallest absolute Gasteiger partial charge is 0.245 e. The number of carbonyl (C=O) groups excluding carboxylic acids is 12. The van der Waals surface area contributed by atoms with Crippen LogP contribution in [0.3, 0.4) is 0 Å². The van der Waals surface area contributed by atoms with Gasteiger partial charge in [0.2, 0.25) is 70.9 Å². The van der Waals surface area contributed by atoms with Crippen LogP contribution >= 0.6 is 0 Å². The Morgan fingerprint density at radius 1 is 0.637 bits per heavy atom. The maximum atomic E-state index is 15.5. The van der Waals surface area contributed by atoms with Crippen LogP contribution < -0.4 is 81.4 Å². The van der Waals surface area contributed by atoms with E-state index < -0.39 is 192 Å². The Kier molecular flexibility index (Phi) is 31.9. The topological polar surface area (TPSA) is 514 Å². The summed E-state index contributed by atoms with van der Waals surface area (Å²) in [7, 11) is 0. The van der Waals surface area contributed by atoms with Gasteiger partial charge in [0.25, 0.3) is 0 Å². The van der Waals surface area contributed by atoms with Crippen molar-refractivity contribution in [2.45, 2.75) is 214 Å². The second-order valence-electron chi connectivity index (χ2n) is 26.4. The largest absolute Gasteiger partial charge is 0.394 e. The number of benzene rings is 1. The number of rotatable bonds is 21. The number of hydrogen-bond donors (Lipinski definition) is 18. The number of hydrogen-bond acceptors (Lipinski definition) is 17. The highest BCUT2D eigenvalue weighted by molar-refractivity contribution is 6.00. The maximum absolute atomic E-state index is 15.5. The molecule has 1 unspecified atom stereocenters. The molecule has 1 heterocycles. The molecule has 0 spiro atoms. The quantitative estimate of drug-likeness (QED) is 0.0316. The maximum Gasteiger partial charge on any atom is 0.245 e. The lowest BCUT2D eigenvalue weighted by molar-refractivity contribution is -0.139. The number of nitrogens with zero attached hydrogens (tertiary/aromatic N) is 1. The minimum atomic E-state index is -2.06. The van der Waals surface area contributed by atoms with E-state index in [1.165, 1.54) is 38.1 Å². The van der Waals surface area contributed by atoms with Gasteiger partial charge in [-0.2, -0.15) is 0 Å². The van der Waals surface area contributed by atoms with Gasteiger partial charge >= 0.3 is 0 Å². The molecule has 0 bridgehead atoms. The van der Waals surface area contributed by atoms with Crippen LogP contribution in [-0.2, 0) is 57.5 Å². The highest BCUT2D eigenvalue weighted by atomic mass is 16.3. The number of carbonyl (C=O) groups is 12. The third-order valence-electron chi connectivity index (χ3n) is 14.7. The Bertz CT molecular complexity index is 2700. The van der Waals surface area contributed by atoms with E-state index in [9.17, 15) is 68.1 Å². The summed E-state index contributed by atoms with van der Waals surface area (Å²) in [5, 5.41) is 60.8. The lowest BCUT2D eigenvalue weighted by Gasteiger charge is -2.35. The summed E-state index contributed by atoms with van der Waals surface area (Å²) < 4.78 is 0. The van der Waals surface area contributed by atoms with Crippen molar-refractivity contribution in [1.29, 1.82) is 0 Å². The highest BCUT2D eigenvalue weighted by Crippen LogP contribution is 2.25. The molecule has 22 N–H and O–H groups in total. The molecule has 1 saturated heterocycles. The molecule has 2 rings (SSSR count). The summed E-state index contributed by atoms with van der Waals surface area (Å²) in [6, 6.07) is -11.1. The van der Waals surface area contributed by atoms with Crippen LogP contribution in [0.25, 0.3) is 0 Å². The Morgan fingerprint density at radius 3 is 1.69 bits per heavy atom. The third kappa shape index (κ3) is 27.5. The van der Waals surface area contributed by atoms with Crippen molar-refractivity contribution in [2.75, 3.05) is 19.7 Å². The van der Waals surface area contributed by atoms with Crippen molar-refractivity contribution in [3.8, 4) is 0 Å². The molecule has 1 aliphatic heterocycles. The van der Waals surface area contributed by atoms with E-state index in [1.54, 1.807) is 54.5 Å². The Labute approximate surface area is 532 Å². The van der Waals surface area contributed by atoms with Gasteiger partial charge in [0.1, 0.15) is 54.4 Å². The van der Waals surface area contributed by atoms with Gasteiger partial charge in [-0.3, -0.25) is 62.5 Å². The summed E-state index contributed by atoms with van der Waals surface area (Å²) in [4.78, 5) is 175. The number of aliphatic hydroxyl groups excluding tert-OH is 3. The first-order valence-corrected chi connectivity index (χ1v) is 30.6. The van der Waals surface area contributed by atoms with E-state index in [4.69, 9.17) is 22.9 Å². The minimum absolute atomic E-state index is 0.0319. The number of nitrogens with two attached hydrogens (primary N) is 4. The van der Waals surface area contributed by atoms with E-state index in [-0.39, 0.29) is 62.5 Å². The molecule has 0 aliphatic carbocycles. The molecule has 1 fully saturated rings. The predicted octanol–water partition coefficient (Wildman–Crippen LogP) is -4.05. The molecule has 0 aromatic heterocycles. The Hall–Kier alpha value is -8.03. The highest BCUT2D eigenvalue weighted by Gasteiger charge is 2.43. The molecule has 0 radical (unpaired) electrons. The molecule has 1 aromatic carbocycles. The number of aliphatic hydroxyl groups is 3. The van der Waals surface area contributed by atoms with Crippen LogP contribution in [-0.4, -0.2) is 184 Å². The zero-order valence-electron chi connectivity index (χ0n) is 54.7. The van der Waals surface area contributed by atoms with Crippen molar-refractivity contribution in [3.05, 3.63) is 35.9 Å². The van der Waals surface area contributed by atoms with E-state index in [1.807, 2.05) is 20.8 Å². The van der Waals surface area contributed by atoms with Gasteiger partial charge in [0, 0.05) is 6.54 Å². The lowest BCUT2D eigenvalue weighted by Crippen LogP contribution is -2.65. The molecule has 0 saturated carbocycles. The van der Waals surface area contributed by atoms with Crippen LogP contribution in [0.5, 0.6) is 0 Å². The van der Waals surface area contributed by atoms with Crippen molar-refractivity contribution in [1.82, 2.24) is 58.5 Å². The third-order valence-corrected chi connectivity index (χ3v) is 14.7. The van der Waals surface area contributed by atoms with Gasteiger partial charge < -0.3 is 96.7 Å². The first-order chi connectivity index (χ1) is 42.2. The first-order valence-electron chi connectivity index (χ1n) is 30.6. The second kappa shape index (κ2) is 36.7. The van der Waals surface area contributed by atoms with Crippen LogP contribution in [0.1, 0.15) is 147 Å². The van der Waals surface area contributed by atoms with Crippen molar-refractivity contribution in [3.63, 3.8) is 0 Å².